The predicted molar refractivity (Wildman–Crippen MR) is 93.4 cm³/mol. The largest absolute Gasteiger partial charge is 0.481 e. The number of rotatable bonds is 7. The lowest BCUT2D eigenvalue weighted by Crippen LogP contribution is -2.44. The molecular weight excluding hydrogens is 344 g/mol. The zero-order valence-electron chi connectivity index (χ0n) is 14.2. The SMILES string of the molecule is CS(=O)(=O)N1CCC(C(=O)NCC(Cc2ccccc2)C(=O)O)CC1. The highest BCUT2D eigenvalue weighted by Crippen LogP contribution is 2.19. The zero-order valence-corrected chi connectivity index (χ0v) is 15.0. The molecule has 1 unspecified atom stereocenters. The summed E-state index contributed by atoms with van der Waals surface area (Å²) in [6.07, 6.45) is 2.42. The molecule has 1 aromatic carbocycles. The lowest BCUT2D eigenvalue weighted by Gasteiger charge is -2.29. The molecule has 0 radical (unpaired) electrons. The van der Waals surface area contributed by atoms with Crippen LogP contribution in [-0.4, -0.2) is 55.6 Å². The minimum absolute atomic E-state index is 0.0648. The molecular formula is C17H24N2O5S. The Morgan fingerprint density at radius 2 is 1.84 bits per heavy atom. The van der Waals surface area contributed by atoms with Crippen molar-refractivity contribution in [3.8, 4) is 0 Å². The van der Waals surface area contributed by atoms with E-state index in [4.69, 9.17) is 0 Å². The number of carbonyl (C=O) groups is 2. The molecule has 0 spiro atoms. The van der Waals surface area contributed by atoms with Crippen LogP contribution in [0.5, 0.6) is 0 Å². The van der Waals surface area contributed by atoms with Crippen molar-refractivity contribution in [1.82, 2.24) is 9.62 Å². The summed E-state index contributed by atoms with van der Waals surface area (Å²) in [5, 5.41) is 12.1. The highest BCUT2D eigenvalue weighted by atomic mass is 32.2. The van der Waals surface area contributed by atoms with Crippen LogP contribution in [0.15, 0.2) is 30.3 Å². The number of hydrogen-bond acceptors (Lipinski definition) is 4. The second-order valence-electron chi connectivity index (χ2n) is 6.41. The number of aliphatic carboxylic acids is 1. The number of benzene rings is 1. The quantitative estimate of drug-likeness (QED) is 0.738. The van der Waals surface area contributed by atoms with E-state index in [0.29, 0.717) is 32.4 Å². The van der Waals surface area contributed by atoms with Crippen LogP contribution in [0.2, 0.25) is 0 Å². The molecule has 1 atom stereocenters. The van der Waals surface area contributed by atoms with Crippen LogP contribution >= 0.6 is 0 Å². The lowest BCUT2D eigenvalue weighted by atomic mass is 9.96. The maximum Gasteiger partial charge on any atom is 0.308 e. The molecule has 7 nitrogen and oxygen atoms in total. The molecule has 8 heteroatoms. The topological polar surface area (TPSA) is 104 Å². The number of amides is 1. The van der Waals surface area contributed by atoms with Gasteiger partial charge < -0.3 is 10.4 Å². The van der Waals surface area contributed by atoms with Crippen LogP contribution in [0.3, 0.4) is 0 Å². The van der Waals surface area contributed by atoms with Gasteiger partial charge in [0, 0.05) is 25.6 Å². The molecule has 1 aliphatic rings. The molecule has 1 aliphatic heterocycles. The molecule has 138 valence electrons. The number of piperidine rings is 1. The van der Waals surface area contributed by atoms with Crippen LogP contribution in [0.4, 0.5) is 0 Å². The first kappa shape index (κ1) is 19.4. The van der Waals surface area contributed by atoms with Gasteiger partial charge >= 0.3 is 5.97 Å². The van der Waals surface area contributed by atoms with Crippen molar-refractivity contribution in [3.05, 3.63) is 35.9 Å². The Balaban J connectivity index is 1.84. The average molecular weight is 368 g/mol. The number of carboxylic acids is 1. The first-order valence-corrected chi connectivity index (χ1v) is 10.1. The first-order chi connectivity index (χ1) is 11.8. The predicted octanol–water partition coefficient (Wildman–Crippen LogP) is 0.718. The summed E-state index contributed by atoms with van der Waals surface area (Å²) in [6.45, 7) is 0.710. The van der Waals surface area contributed by atoms with Gasteiger partial charge in [-0.3, -0.25) is 9.59 Å². The molecule has 2 N–H and O–H groups in total. The summed E-state index contributed by atoms with van der Waals surface area (Å²) in [4.78, 5) is 23.7. The van der Waals surface area contributed by atoms with E-state index in [0.717, 1.165) is 11.8 Å². The number of hydrogen-bond donors (Lipinski definition) is 2. The van der Waals surface area contributed by atoms with Gasteiger partial charge in [-0.1, -0.05) is 30.3 Å². The van der Waals surface area contributed by atoms with E-state index < -0.39 is 21.9 Å². The van der Waals surface area contributed by atoms with Crippen LogP contribution in [-0.2, 0) is 26.0 Å². The minimum Gasteiger partial charge on any atom is -0.481 e. The summed E-state index contributed by atoms with van der Waals surface area (Å²) in [7, 11) is -3.22. The Labute approximate surface area is 148 Å². The van der Waals surface area contributed by atoms with Crippen LogP contribution in [0.1, 0.15) is 18.4 Å². The zero-order chi connectivity index (χ0) is 18.4. The van der Waals surface area contributed by atoms with E-state index in [9.17, 15) is 23.1 Å². The highest BCUT2D eigenvalue weighted by molar-refractivity contribution is 7.88. The minimum atomic E-state index is -3.22. The fraction of sp³-hybridized carbons (Fsp3) is 0.529. The number of carboxylic acid groups (broad SMARTS) is 1. The lowest BCUT2D eigenvalue weighted by molar-refractivity contribution is -0.141. The van der Waals surface area contributed by atoms with Gasteiger partial charge in [0.15, 0.2) is 0 Å². The fourth-order valence-electron chi connectivity index (χ4n) is 2.96. The molecule has 1 saturated heterocycles. The molecule has 1 fully saturated rings. The second-order valence-corrected chi connectivity index (χ2v) is 8.39. The normalized spacial score (nSPS) is 17.8. The van der Waals surface area contributed by atoms with Crippen molar-refractivity contribution >= 4 is 21.9 Å². The van der Waals surface area contributed by atoms with Gasteiger partial charge in [-0.2, -0.15) is 0 Å². The third-order valence-electron chi connectivity index (χ3n) is 4.49. The van der Waals surface area contributed by atoms with Gasteiger partial charge in [-0.15, -0.1) is 0 Å². The molecule has 0 saturated carbocycles. The highest BCUT2D eigenvalue weighted by Gasteiger charge is 2.29. The Morgan fingerprint density at radius 3 is 2.36 bits per heavy atom. The van der Waals surface area contributed by atoms with Crippen molar-refractivity contribution in [2.24, 2.45) is 11.8 Å². The van der Waals surface area contributed by atoms with Gasteiger partial charge in [0.25, 0.3) is 0 Å². The van der Waals surface area contributed by atoms with Crippen molar-refractivity contribution in [2.45, 2.75) is 19.3 Å². The maximum atomic E-state index is 12.3. The summed E-state index contributed by atoms with van der Waals surface area (Å²) >= 11 is 0. The molecule has 2 rings (SSSR count). The van der Waals surface area contributed by atoms with Gasteiger partial charge in [0.2, 0.25) is 15.9 Å². The summed E-state index contributed by atoms with van der Waals surface area (Å²) in [5.74, 6) is -2.12. The van der Waals surface area contributed by atoms with Gasteiger partial charge in [0.1, 0.15) is 0 Å². The van der Waals surface area contributed by atoms with Crippen molar-refractivity contribution in [1.29, 1.82) is 0 Å². The van der Waals surface area contributed by atoms with E-state index in [1.165, 1.54) is 4.31 Å². The van der Waals surface area contributed by atoms with Gasteiger partial charge in [0.05, 0.1) is 12.2 Å². The smallest absolute Gasteiger partial charge is 0.308 e. The molecule has 0 aromatic heterocycles. The third-order valence-corrected chi connectivity index (χ3v) is 5.79. The Hall–Kier alpha value is -1.93. The molecule has 1 heterocycles. The summed E-state index contributed by atoms with van der Waals surface area (Å²) in [5.41, 5.74) is 0.908. The summed E-state index contributed by atoms with van der Waals surface area (Å²) < 4.78 is 24.3. The van der Waals surface area contributed by atoms with E-state index in [2.05, 4.69) is 5.32 Å². The van der Waals surface area contributed by atoms with Crippen LogP contribution in [0.25, 0.3) is 0 Å². The fourth-order valence-corrected chi connectivity index (χ4v) is 3.84. The van der Waals surface area contributed by atoms with E-state index in [1.54, 1.807) is 0 Å². The van der Waals surface area contributed by atoms with E-state index >= 15 is 0 Å². The van der Waals surface area contributed by atoms with E-state index in [-0.39, 0.29) is 18.4 Å². The molecule has 25 heavy (non-hydrogen) atoms. The van der Waals surface area contributed by atoms with E-state index in [1.807, 2.05) is 30.3 Å². The second kappa shape index (κ2) is 8.44. The monoisotopic (exact) mass is 368 g/mol. The maximum absolute atomic E-state index is 12.3. The first-order valence-electron chi connectivity index (χ1n) is 8.27. The number of nitrogens with one attached hydrogen (secondary N) is 1. The van der Waals surface area contributed by atoms with Crippen molar-refractivity contribution < 1.29 is 23.1 Å². The van der Waals surface area contributed by atoms with Crippen molar-refractivity contribution in [2.75, 3.05) is 25.9 Å². The Bertz CT molecular complexity index is 697. The van der Waals surface area contributed by atoms with Crippen LogP contribution < -0.4 is 5.32 Å². The van der Waals surface area contributed by atoms with Gasteiger partial charge in [-0.05, 0) is 24.8 Å². The van der Waals surface area contributed by atoms with Crippen LogP contribution in [0, 0.1) is 11.8 Å². The Morgan fingerprint density at radius 1 is 1.24 bits per heavy atom. The average Bonchev–Trinajstić information content (AvgIpc) is 2.58. The number of nitrogens with zero attached hydrogens (tertiary/aromatic N) is 1. The molecule has 0 aliphatic carbocycles. The third kappa shape index (κ3) is 5.82. The molecule has 1 amide bonds. The standard InChI is InChI=1S/C17H24N2O5S/c1-25(23,24)19-9-7-14(8-10-19)16(20)18-12-15(17(21)22)11-13-5-3-2-4-6-13/h2-6,14-15H,7-12H2,1H3,(H,18,20)(H,21,22). The molecule has 0 bridgehead atoms. The molecule has 1 aromatic rings. The Kier molecular flexibility index (Phi) is 6.55. The van der Waals surface area contributed by atoms with Gasteiger partial charge in [-0.25, -0.2) is 12.7 Å². The summed E-state index contributed by atoms with van der Waals surface area (Å²) in [6, 6.07) is 9.28. The number of sulfonamides is 1. The van der Waals surface area contributed by atoms with Crippen molar-refractivity contribution in [3.63, 3.8) is 0 Å². The number of carbonyl (C=O) groups excluding carboxylic acids is 1.